The van der Waals surface area contributed by atoms with Gasteiger partial charge in [0, 0.05) is 11.6 Å². The predicted molar refractivity (Wildman–Crippen MR) is 73.9 cm³/mol. The lowest BCUT2D eigenvalue weighted by atomic mass is 9.97. The smallest absolute Gasteiger partial charge is 0.131 e. The van der Waals surface area contributed by atoms with E-state index >= 15 is 0 Å². The Labute approximate surface area is 107 Å². The van der Waals surface area contributed by atoms with Crippen LogP contribution >= 0.6 is 0 Å². The molecule has 94 valence electrons. The van der Waals surface area contributed by atoms with Crippen LogP contribution in [0.25, 0.3) is 11.1 Å². The molecule has 2 rings (SSSR count). The number of nitrogens with two attached hydrogens (primary N) is 1. The highest BCUT2D eigenvalue weighted by atomic mass is 19.1. The maximum Gasteiger partial charge on any atom is 0.131 e. The maximum absolute atomic E-state index is 13.9. The zero-order valence-electron chi connectivity index (χ0n) is 11.0. The summed E-state index contributed by atoms with van der Waals surface area (Å²) in [5.74, 6) is -0.204. The molecule has 0 aromatic heterocycles. The molecule has 0 heterocycles. The summed E-state index contributed by atoms with van der Waals surface area (Å²) in [5.41, 5.74) is 10.6. The van der Waals surface area contributed by atoms with E-state index in [9.17, 15) is 4.39 Å². The van der Waals surface area contributed by atoms with Crippen LogP contribution in [0.1, 0.15) is 29.7 Å². The second-order valence-corrected chi connectivity index (χ2v) is 4.90. The number of benzene rings is 2. The molecule has 2 aromatic carbocycles. The van der Waals surface area contributed by atoms with Crippen LogP contribution in [-0.4, -0.2) is 0 Å². The molecule has 18 heavy (non-hydrogen) atoms. The molecule has 0 fully saturated rings. The van der Waals surface area contributed by atoms with Crippen LogP contribution in [0.5, 0.6) is 0 Å². The summed E-state index contributed by atoms with van der Waals surface area (Å²) in [6.45, 7) is 5.94. The molecule has 0 radical (unpaired) electrons. The fourth-order valence-electron chi connectivity index (χ4n) is 2.18. The van der Waals surface area contributed by atoms with Gasteiger partial charge in [0.15, 0.2) is 0 Å². The van der Waals surface area contributed by atoms with Gasteiger partial charge in [0.1, 0.15) is 5.82 Å². The Morgan fingerprint density at radius 3 is 2.17 bits per heavy atom. The van der Waals surface area contributed by atoms with Gasteiger partial charge in [-0.25, -0.2) is 4.39 Å². The Bertz CT molecular complexity index is 553. The SMILES string of the molecule is Cc1cc(C)cc(-c2cc(C(C)N)ccc2F)c1. The first kappa shape index (κ1) is 12.8. The van der Waals surface area contributed by atoms with Crippen molar-refractivity contribution in [2.75, 3.05) is 0 Å². The van der Waals surface area contributed by atoms with E-state index in [1.54, 1.807) is 6.07 Å². The molecule has 2 N–H and O–H groups in total. The van der Waals surface area contributed by atoms with Crippen molar-refractivity contribution < 1.29 is 4.39 Å². The third-order valence-electron chi connectivity index (χ3n) is 3.05. The number of aryl methyl sites for hydroxylation is 2. The van der Waals surface area contributed by atoms with Crippen LogP contribution in [0, 0.1) is 19.7 Å². The third-order valence-corrected chi connectivity index (χ3v) is 3.05. The minimum absolute atomic E-state index is 0.0877. The van der Waals surface area contributed by atoms with Gasteiger partial charge in [-0.15, -0.1) is 0 Å². The van der Waals surface area contributed by atoms with Crippen LogP contribution in [0.15, 0.2) is 36.4 Å². The third kappa shape index (κ3) is 2.59. The van der Waals surface area contributed by atoms with Gasteiger partial charge in [0.2, 0.25) is 0 Å². The molecule has 1 unspecified atom stereocenters. The van der Waals surface area contributed by atoms with Gasteiger partial charge in [0.25, 0.3) is 0 Å². The lowest BCUT2D eigenvalue weighted by molar-refractivity contribution is 0.629. The first-order valence-electron chi connectivity index (χ1n) is 6.11. The van der Waals surface area contributed by atoms with E-state index in [4.69, 9.17) is 5.73 Å². The summed E-state index contributed by atoms with van der Waals surface area (Å²) in [4.78, 5) is 0. The van der Waals surface area contributed by atoms with Gasteiger partial charge in [-0.05, 0) is 44.0 Å². The van der Waals surface area contributed by atoms with Gasteiger partial charge in [0.05, 0.1) is 0 Å². The monoisotopic (exact) mass is 243 g/mol. The molecule has 1 nitrogen and oxygen atoms in total. The lowest BCUT2D eigenvalue weighted by Gasteiger charge is -2.11. The molecule has 0 saturated carbocycles. The molecule has 0 aliphatic rings. The molecule has 2 heteroatoms. The molecule has 1 atom stereocenters. The first-order chi connectivity index (χ1) is 8.47. The van der Waals surface area contributed by atoms with Crippen molar-refractivity contribution in [1.82, 2.24) is 0 Å². The van der Waals surface area contributed by atoms with Crippen molar-refractivity contribution in [2.45, 2.75) is 26.8 Å². The average Bonchev–Trinajstić information content (AvgIpc) is 2.27. The van der Waals surface area contributed by atoms with E-state index in [2.05, 4.69) is 6.07 Å². The van der Waals surface area contributed by atoms with Crippen LogP contribution in [-0.2, 0) is 0 Å². The zero-order valence-corrected chi connectivity index (χ0v) is 11.0. The average molecular weight is 243 g/mol. The molecule has 0 saturated heterocycles. The van der Waals surface area contributed by atoms with E-state index in [1.807, 2.05) is 39.0 Å². The summed E-state index contributed by atoms with van der Waals surface area (Å²) in [6.07, 6.45) is 0. The molecular weight excluding hydrogens is 225 g/mol. The van der Waals surface area contributed by atoms with Crippen molar-refractivity contribution in [2.24, 2.45) is 5.73 Å². The molecule has 0 aliphatic carbocycles. The number of halogens is 1. The number of hydrogen-bond donors (Lipinski definition) is 1. The number of rotatable bonds is 2. The highest BCUT2D eigenvalue weighted by Gasteiger charge is 2.09. The highest BCUT2D eigenvalue weighted by Crippen LogP contribution is 2.27. The van der Waals surface area contributed by atoms with E-state index in [0.717, 1.165) is 22.3 Å². The predicted octanol–water partition coefficient (Wildman–Crippen LogP) is 4.13. The normalized spacial score (nSPS) is 12.5. The van der Waals surface area contributed by atoms with Gasteiger partial charge in [-0.2, -0.15) is 0 Å². The van der Waals surface area contributed by atoms with Crippen molar-refractivity contribution in [3.63, 3.8) is 0 Å². The fraction of sp³-hybridized carbons (Fsp3) is 0.250. The first-order valence-corrected chi connectivity index (χ1v) is 6.11. The van der Waals surface area contributed by atoms with E-state index in [-0.39, 0.29) is 11.9 Å². The van der Waals surface area contributed by atoms with E-state index < -0.39 is 0 Å². The Kier molecular flexibility index (Phi) is 3.48. The summed E-state index contributed by atoms with van der Waals surface area (Å²) >= 11 is 0. The van der Waals surface area contributed by atoms with Crippen LogP contribution < -0.4 is 5.73 Å². The van der Waals surface area contributed by atoms with Crippen LogP contribution in [0.4, 0.5) is 4.39 Å². The molecule has 0 bridgehead atoms. The van der Waals surface area contributed by atoms with Gasteiger partial charge in [-0.3, -0.25) is 0 Å². The fourth-order valence-corrected chi connectivity index (χ4v) is 2.18. The molecule has 0 amide bonds. The molecular formula is C16H18FN. The summed E-state index contributed by atoms with van der Waals surface area (Å²) in [6, 6.07) is 11.1. The zero-order chi connectivity index (χ0) is 13.3. The standard InChI is InChI=1S/C16H18FN/c1-10-6-11(2)8-14(7-10)15-9-13(12(3)18)4-5-16(15)17/h4-9,12H,18H2,1-3H3. The largest absolute Gasteiger partial charge is 0.324 e. The highest BCUT2D eigenvalue weighted by molar-refractivity contribution is 5.66. The van der Waals surface area contributed by atoms with Crippen molar-refractivity contribution >= 4 is 0 Å². The quantitative estimate of drug-likeness (QED) is 0.843. The van der Waals surface area contributed by atoms with E-state index in [0.29, 0.717) is 5.56 Å². The van der Waals surface area contributed by atoms with Crippen LogP contribution in [0.2, 0.25) is 0 Å². The van der Waals surface area contributed by atoms with Crippen molar-refractivity contribution in [1.29, 1.82) is 0 Å². The second kappa shape index (κ2) is 4.91. The second-order valence-electron chi connectivity index (χ2n) is 4.90. The van der Waals surface area contributed by atoms with Crippen molar-refractivity contribution in [3.05, 3.63) is 58.9 Å². The van der Waals surface area contributed by atoms with E-state index in [1.165, 1.54) is 6.07 Å². The Morgan fingerprint density at radius 2 is 1.61 bits per heavy atom. The summed E-state index contributed by atoms with van der Waals surface area (Å²) in [7, 11) is 0. The van der Waals surface area contributed by atoms with Gasteiger partial charge >= 0.3 is 0 Å². The minimum Gasteiger partial charge on any atom is -0.324 e. The summed E-state index contributed by atoms with van der Waals surface area (Å²) in [5, 5.41) is 0. The maximum atomic E-state index is 13.9. The number of hydrogen-bond acceptors (Lipinski definition) is 1. The lowest BCUT2D eigenvalue weighted by Crippen LogP contribution is -2.05. The minimum atomic E-state index is -0.204. The van der Waals surface area contributed by atoms with Crippen molar-refractivity contribution in [3.8, 4) is 11.1 Å². The Hall–Kier alpha value is -1.67. The molecule has 0 spiro atoms. The van der Waals surface area contributed by atoms with Crippen LogP contribution in [0.3, 0.4) is 0 Å². The van der Waals surface area contributed by atoms with Gasteiger partial charge in [-0.1, -0.05) is 35.4 Å². The molecule has 0 aliphatic heterocycles. The Morgan fingerprint density at radius 1 is 1.00 bits per heavy atom. The summed E-state index contributed by atoms with van der Waals surface area (Å²) < 4.78 is 13.9. The Balaban J connectivity index is 2.58. The topological polar surface area (TPSA) is 26.0 Å². The van der Waals surface area contributed by atoms with Gasteiger partial charge < -0.3 is 5.73 Å². The molecule has 2 aromatic rings.